The summed E-state index contributed by atoms with van der Waals surface area (Å²) < 4.78 is 0. The van der Waals surface area contributed by atoms with Crippen molar-refractivity contribution in [1.29, 1.82) is 0 Å². The third kappa shape index (κ3) is 1.46. The first-order chi connectivity index (χ1) is 7.66. The molecule has 0 spiro atoms. The van der Waals surface area contributed by atoms with Crippen LogP contribution < -0.4 is 5.73 Å². The maximum Gasteiger partial charge on any atom is 0.0800 e. The summed E-state index contributed by atoms with van der Waals surface area (Å²) >= 11 is 0. The molecule has 2 nitrogen and oxygen atoms in total. The maximum absolute atomic E-state index is 10.7. The third-order valence-electron chi connectivity index (χ3n) is 5.81. The number of rotatable bonds is 3. The fourth-order valence-corrected chi connectivity index (χ4v) is 5.32. The van der Waals surface area contributed by atoms with Crippen LogP contribution in [-0.2, 0) is 0 Å². The predicted molar refractivity (Wildman–Crippen MR) is 64.8 cm³/mol. The molecule has 0 aromatic carbocycles. The number of hydrogen-bond donors (Lipinski definition) is 2. The van der Waals surface area contributed by atoms with Crippen molar-refractivity contribution in [3.8, 4) is 0 Å². The van der Waals surface area contributed by atoms with E-state index in [-0.39, 0.29) is 0 Å². The van der Waals surface area contributed by atoms with E-state index in [2.05, 4.69) is 6.92 Å². The molecule has 1 unspecified atom stereocenters. The van der Waals surface area contributed by atoms with Gasteiger partial charge in [-0.2, -0.15) is 0 Å². The molecule has 3 N–H and O–H groups in total. The van der Waals surface area contributed by atoms with Crippen molar-refractivity contribution in [1.82, 2.24) is 0 Å². The Morgan fingerprint density at radius 2 is 1.56 bits per heavy atom. The molecule has 4 aliphatic carbocycles. The van der Waals surface area contributed by atoms with Gasteiger partial charge in [-0.25, -0.2) is 0 Å². The van der Waals surface area contributed by atoms with E-state index in [1.807, 2.05) is 0 Å². The van der Waals surface area contributed by atoms with Gasteiger partial charge >= 0.3 is 0 Å². The third-order valence-corrected chi connectivity index (χ3v) is 5.81. The van der Waals surface area contributed by atoms with Crippen LogP contribution in [0.4, 0.5) is 0 Å². The molecule has 2 heteroatoms. The first-order valence-electron chi connectivity index (χ1n) is 7.08. The summed E-state index contributed by atoms with van der Waals surface area (Å²) in [5.74, 6) is 4.04. The SMILES string of the molecule is CCC(O)(CN)C1C2CC3CC(C2)CC1C3. The summed E-state index contributed by atoms with van der Waals surface area (Å²) in [5.41, 5.74) is 5.28. The second kappa shape index (κ2) is 3.71. The molecule has 4 fully saturated rings. The van der Waals surface area contributed by atoms with E-state index in [1.165, 1.54) is 32.1 Å². The monoisotopic (exact) mass is 223 g/mol. The van der Waals surface area contributed by atoms with Crippen molar-refractivity contribution in [2.75, 3.05) is 6.54 Å². The highest BCUT2D eigenvalue weighted by molar-refractivity contribution is 5.04. The zero-order valence-electron chi connectivity index (χ0n) is 10.4. The largest absolute Gasteiger partial charge is 0.388 e. The molecule has 4 rings (SSSR count). The smallest absolute Gasteiger partial charge is 0.0800 e. The van der Waals surface area contributed by atoms with Gasteiger partial charge in [-0.3, -0.25) is 0 Å². The lowest BCUT2D eigenvalue weighted by molar-refractivity contribution is -0.139. The van der Waals surface area contributed by atoms with E-state index in [1.54, 1.807) is 0 Å². The van der Waals surface area contributed by atoms with Gasteiger partial charge in [-0.1, -0.05) is 6.92 Å². The number of aliphatic hydroxyl groups is 1. The molecule has 0 aliphatic heterocycles. The molecule has 0 heterocycles. The normalized spacial score (nSPS) is 49.3. The van der Waals surface area contributed by atoms with Crippen LogP contribution in [0.5, 0.6) is 0 Å². The molecular weight excluding hydrogens is 198 g/mol. The van der Waals surface area contributed by atoms with Crippen molar-refractivity contribution < 1.29 is 5.11 Å². The molecule has 4 saturated carbocycles. The number of nitrogens with two attached hydrogens (primary N) is 1. The van der Waals surface area contributed by atoms with E-state index >= 15 is 0 Å². The minimum atomic E-state index is -0.567. The predicted octanol–water partition coefficient (Wildman–Crippen LogP) is 2.16. The van der Waals surface area contributed by atoms with E-state index in [0.29, 0.717) is 12.5 Å². The van der Waals surface area contributed by atoms with E-state index < -0.39 is 5.60 Å². The minimum absolute atomic E-state index is 0.455. The Bertz CT molecular complexity index is 244. The molecular formula is C14H25NO. The fraction of sp³-hybridized carbons (Fsp3) is 1.00. The zero-order valence-corrected chi connectivity index (χ0v) is 10.4. The van der Waals surface area contributed by atoms with Crippen LogP contribution in [0.15, 0.2) is 0 Å². The van der Waals surface area contributed by atoms with Gasteiger partial charge in [0.25, 0.3) is 0 Å². The molecule has 4 bridgehead atoms. The first-order valence-corrected chi connectivity index (χ1v) is 7.08. The van der Waals surface area contributed by atoms with E-state index in [0.717, 1.165) is 30.1 Å². The highest BCUT2D eigenvalue weighted by Gasteiger charge is 2.54. The first kappa shape index (κ1) is 11.0. The lowest BCUT2D eigenvalue weighted by Crippen LogP contribution is -2.57. The minimum Gasteiger partial charge on any atom is -0.388 e. The van der Waals surface area contributed by atoms with Crippen LogP contribution in [0.1, 0.15) is 45.4 Å². The lowest BCUT2D eigenvalue weighted by Gasteiger charge is -2.58. The van der Waals surface area contributed by atoms with Gasteiger partial charge in [0.2, 0.25) is 0 Å². The molecule has 0 aromatic heterocycles. The Kier molecular flexibility index (Phi) is 2.56. The summed E-state index contributed by atoms with van der Waals surface area (Å²) in [5, 5.41) is 10.7. The fourth-order valence-electron chi connectivity index (χ4n) is 5.32. The standard InChI is InChI=1S/C14H25NO/c1-2-14(16,8-15)13-11-4-9-3-10(6-11)7-12(13)5-9/h9-13,16H,2-8,15H2,1H3. The second-order valence-corrected chi connectivity index (χ2v) is 6.62. The topological polar surface area (TPSA) is 46.2 Å². The highest BCUT2D eigenvalue weighted by atomic mass is 16.3. The summed E-state index contributed by atoms with van der Waals surface area (Å²) in [7, 11) is 0. The van der Waals surface area contributed by atoms with Gasteiger partial charge in [-0.15, -0.1) is 0 Å². The maximum atomic E-state index is 10.7. The van der Waals surface area contributed by atoms with Gasteiger partial charge < -0.3 is 10.8 Å². The number of hydrogen-bond acceptors (Lipinski definition) is 2. The molecule has 0 radical (unpaired) electrons. The summed E-state index contributed by atoms with van der Waals surface area (Å²) in [6.07, 6.45) is 7.81. The van der Waals surface area contributed by atoms with Gasteiger partial charge in [0, 0.05) is 6.54 Å². The van der Waals surface area contributed by atoms with Crippen molar-refractivity contribution in [2.45, 2.75) is 51.0 Å². The van der Waals surface area contributed by atoms with Crippen molar-refractivity contribution >= 4 is 0 Å². The van der Waals surface area contributed by atoms with Gasteiger partial charge in [0.05, 0.1) is 5.60 Å². The average Bonchev–Trinajstić information content (AvgIpc) is 2.27. The quantitative estimate of drug-likeness (QED) is 0.770. The molecule has 0 aromatic rings. The second-order valence-electron chi connectivity index (χ2n) is 6.62. The van der Waals surface area contributed by atoms with E-state index in [4.69, 9.17) is 5.73 Å². The molecule has 1 atom stereocenters. The summed E-state index contributed by atoms with van der Waals surface area (Å²) in [6.45, 7) is 2.55. The Morgan fingerprint density at radius 1 is 1.06 bits per heavy atom. The molecule has 16 heavy (non-hydrogen) atoms. The average molecular weight is 223 g/mol. The summed E-state index contributed by atoms with van der Waals surface area (Å²) in [6, 6.07) is 0. The van der Waals surface area contributed by atoms with E-state index in [9.17, 15) is 5.11 Å². The van der Waals surface area contributed by atoms with Gasteiger partial charge in [0.15, 0.2) is 0 Å². The Balaban J connectivity index is 1.86. The van der Waals surface area contributed by atoms with Crippen LogP contribution in [-0.4, -0.2) is 17.3 Å². The van der Waals surface area contributed by atoms with Crippen molar-refractivity contribution in [2.24, 2.45) is 35.3 Å². The molecule has 4 aliphatic rings. The van der Waals surface area contributed by atoms with Crippen LogP contribution in [0.3, 0.4) is 0 Å². The van der Waals surface area contributed by atoms with Gasteiger partial charge in [-0.05, 0) is 68.1 Å². The highest BCUT2D eigenvalue weighted by Crippen LogP contribution is 2.59. The van der Waals surface area contributed by atoms with Crippen LogP contribution in [0.25, 0.3) is 0 Å². The zero-order chi connectivity index (χ0) is 11.3. The Labute approximate surface area is 98.6 Å². The lowest BCUT2D eigenvalue weighted by atomic mass is 9.48. The molecule has 0 amide bonds. The van der Waals surface area contributed by atoms with Crippen LogP contribution in [0.2, 0.25) is 0 Å². The van der Waals surface area contributed by atoms with Crippen molar-refractivity contribution in [3.63, 3.8) is 0 Å². The van der Waals surface area contributed by atoms with Crippen molar-refractivity contribution in [3.05, 3.63) is 0 Å². The van der Waals surface area contributed by atoms with Gasteiger partial charge in [0.1, 0.15) is 0 Å². The van der Waals surface area contributed by atoms with Crippen LogP contribution >= 0.6 is 0 Å². The Hall–Kier alpha value is -0.0800. The molecule has 0 saturated heterocycles. The van der Waals surface area contributed by atoms with Crippen LogP contribution in [0, 0.1) is 29.6 Å². The molecule has 92 valence electrons. The summed E-state index contributed by atoms with van der Waals surface area (Å²) in [4.78, 5) is 0. The Morgan fingerprint density at radius 3 is 1.94 bits per heavy atom.